The summed E-state index contributed by atoms with van der Waals surface area (Å²) in [5.41, 5.74) is 3.72. The second kappa shape index (κ2) is 5.12. The first kappa shape index (κ1) is 12.8. The molecule has 0 saturated heterocycles. The van der Waals surface area contributed by atoms with E-state index in [9.17, 15) is 0 Å². The van der Waals surface area contributed by atoms with E-state index in [2.05, 4.69) is 20.2 Å². The highest BCUT2D eigenvalue weighted by Crippen LogP contribution is 2.22. The topological polar surface area (TPSA) is 84.5 Å². The standard InChI is InChI=1S/C15H14N6O/c22-8-7-20-10-17-13-9-11(1-2-14(13)20)21-6-5-16-15(21)12-3-4-18-19-12/h1-6,9-10,22H,7-8H2,(H,18,19). The molecule has 7 heteroatoms. The molecule has 0 unspecified atom stereocenters. The van der Waals surface area contributed by atoms with E-state index >= 15 is 0 Å². The summed E-state index contributed by atoms with van der Waals surface area (Å²) < 4.78 is 3.92. The molecule has 110 valence electrons. The van der Waals surface area contributed by atoms with E-state index in [4.69, 9.17) is 5.11 Å². The number of nitrogens with zero attached hydrogens (tertiary/aromatic N) is 5. The first-order valence-corrected chi connectivity index (χ1v) is 6.96. The van der Waals surface area contributed by atoms with Gasteiger partial charge in [-0.1, -0.05) is 0 Å². The van der Waals surface area contributed by atoms with Crippen LogP contribution in [-0.2, 0) is 6.54 Å². The number of benzene rings is 1. The van der Waals surface area contributed by atoms with Gasteiger partial charge in [-0.3, -0.25) is 9.67 Å². The number of aliphatic hydroxyl groups excluding tert-OH is 1. The Labute approximate surface area is 125 Å². The van der Waals surface area contributed by atoms with Crippen LogP contribution >= 0.6 is 0 Å². The Hall–Kier alpha value is -2.93. The molecule has 0 amide bonds. The van der Waals surface area contributed by atoms with Gasteiger partial charge in [-0.25, -0.2) is 9.97 Å². The number of rotatable bonds is 4. The lowest BCUT2D eigenvalue weighted by molar-refractivity contribution is 0.278. The zero-order valence-electron chi connectivity index (χ0n) is 11.7. The van der Waals surface area contributed by atoms with Gasteiger partial charge in [0.2, 0.25) is 0 Å². The monoisotopic (exact) mass is 294 g/mol. The first-order valence-electron chi connectivity index (χ1n) is 6.96. The molecule has 4 rings (SSSR count). The third kappa shape index (κ3) is 1.99. The van der Waals surface area contributed by atoms with Gasteiger partial charge in [0.25, 0.3) is 0 Å². The van der Waals surface area contributed by atoms with Crippen molar-refractivity contribution in [2.24, 2.45) is 0 Å². The van der Waals surface area contributed by atoms with E-state index in [-0.39, 0.29) is 6.61 Å². The zero-order valence-corrected chi connectivity index (χ0v) is 11.7. The summed E-state index contributed by atoms with van der Waals surface area (Å²) in [5.74, 6) is 0.798. The highest BCUT2D eigenvalue weighted by Gasteiger charge is 2.10. The average Bonchev–Trinajstić information content (AvgIpc) is 3.27. The molecule has 0 radical (unpaired) electrons. The Morgan fingerprint density at radius 3 is 2.91 bits per heavy atom. The molecule has 0 fully saturated rings. The van der Waals surface area contributed by atoms with Crippen LogP contribution in [0.2, 0.25) is 0 Å². The maximum absolute atomic E-state index is 9.07. The maximum atomic E-state index is 9.07. The quantitative estimate of drug-likeness (QED) is 0.599. The highest BCUT2D eigenvalue weighted by molar-refractivity contribution is 5.78. The molecule has 22 heavy (non-hydrogen) atoms. The van der Waals surface area contributed by atoms with Gasteiger partial charge in [-0.2, -0.15) is 5.10 Å². The summed E-state index contributed by atoms with van der Waals surface area (Å²) in [4.78, 5) is 8.78. The van der Waals surface area contributed by atoms with Crippen LogP contribution in [0, 0.1) is 0 Å². The lowest BCUT2D eigenvalue weighted by Gasteiger charge is -2.07. The van der Waals surface area contributed by atoms with E-state index in [0.717, 1.165) is 28.2 Å². The molecule has 3 heterocycles. The number of hydrogen-bond donors (Lipinski definition) is 2. The Kier molecular flexibility index (Phi) is 2.97. The summed E-state index contributed by atoms with van der Waals surface area (Å²) in [6, 6.07) is 7.90. The van der Waals surface area contributed by atoms with Crippen LogP contribution in [0.5, 0.6) is 0 Å². The fourth-order valence-electron chi connectivity index (χ4n) is 2.58. The SMILES string of the molecule is OCCn1cnc2cc(-n3ccnc3-c3ccn[nH]3)ccc21. The fraction of sp³-hybridized carbons (Fsp3) is 0.133. The van der Waals surface area contributed by atoms with Gasteiger partial charge in [-0.15, -0.1) is 0 Å². The van der Waals surface area contributed by atoms with Crippen molar-refractivity contribution < 1.29 is 5.11 Å². The molecule has 7 nitrogen and oxygen atoms in total. The minimum absolute atomic E-state index is 0.0959. The predicted octanol–water partition coefficient (Wildman–Crippen LogP) is 1.60. The number of aliphatic hydroxyl groups is 1. The Bertz CT molecular complexity index is 905. The predicted molar refractivity (Wildman–Crippen MR) is 81.5 cm³/mol. The average molecular weight is 294 g/mol. The molecule has 0 aliphatic carbocycles. The molecule has 0 aliphatic rings. The molecule has 0 atom stereocenters. The summed E-state index contributed by atoms with van der Waals surface area (Å²) >= 11 is 0. The van der Waals surface area contributed by atoms with Crippen LogP contribution in [-0.4, -0.2) is 41.0 Å². The molecular weight excluding hydrogens is 280 g/mol. The van der Waals surface area contributed by atoms with Crippen molar-refractivity contribution >= 4 is 11.0 Å². The maximum Gasteiger partial charge on any atom is 0.162 e. The summed E-state index contributed by atoms with van der Waals surface area (Å²) in [7, 11) is 0. The Balaban J connectivity index is 1.81. The van der Waals surface area contributed by atoms with Crippen molar-refractivity contribution in [1.29, 1.82) is 0 Å². The second-order valence-corrected chi connectivity index (χ2v) is 4.93. The molecule has 1 aromatic carbocycles. The van der Waals surface area contributed by atoms with Gasteiger partial charge >= 0.3 is 0 Å². The third-order valence-corrected chi connectivity index (χ3v) is 3.61. The van der Waals surface area contributed by atoms with E-state index in [1.165, 1.54) is 0 Å². The van der Waals surface area contributed by atoms with E-state index in [1.54, 1.807) is 18.7 Å². The fourth-order valence-corrected chi connectivity index (χ4v) is 2.58. The number of imidazole rings is 2. The van der Waals surface area contributed by atoms with Crippen LogP contribution in [0.15, 0.2) is 49.2 Å². The van der Waals surface area contributed by atoms with Gasteiger partial charge in [0.05, 0.1) is 24.0 Å². The van der Waals surface area contributed by atoms with Crippen LogP contribution in [0.1, 0.15) is 0 Å². The third-order valence-electron chi connectivity index (χ3n) is 3.61. The first-order chi connectivity index (χ1) is 10.9. The van der Waals surface area contributed by atoms with Crippen molar-refractivity contribution in [3.8, 4) is 17.2 Å². The summed E-state index contributed by atoms with van der Waals surface area (Å²) in [5, 5.41) is 16.0. The summed E-state index contributed by atoms with van der Waals surface area (Å²) in [6.45, 7) is 0.638. The molecule has 0 spiro atoms. The molecule has 4 aromatic rings. The number of hydrogen-bond acceptors (Lipinski definition) is 4. The van der Waals surface area contributed by atoms with Crippen molar-refractivity contribution in [2.75, 3.05) is 6.61 Å². The number of aromatic nitrogens is 6. The Morgan fingerprint density at radius 2 is 2.09 bits per heavy atom. The molecular formula is C15H14N6O. The van der Waals surface area contributed by atoms with E-state index in [1.807, 2.05) is 39.6 Å². The molecule has 2 N–H and O–H groups in total. The summed E-state index contributed by atoms with van der Waals surface area (Å²) in [6.07, 6.45) is 7.11. The van der Waals surface area contributed by atoms with Gasteiger partial charge < -0.3 is 9.67 Å². The lowest BCUT2D eigenvalue weighted by Crippen LogP contribution is -2.00. The number of nitrogens with one attached hydrogen (secondary N) is 1. The number of fused-ring (bicyclic) bond motifs is 1. The van der Waals surface area contributed by atoms with Crippen LogP contribution < -0.4 is 0 Å². The molecule has 0 bridgehead atoms. The van der Waals surface area contributed by atoms with Gasteiger partial charge in [0, 0.05) is 30.8 Å². The largest absolute Gasteiger partial charge is 0.395 e. The second-order valence-electron chi connectivity index (χ2n) is 4.93. The van der Waals surface area contributed by atoms with E-state index < -0.39 is 0 Å². The molecule has 3 aromatic heterocycles. The minimum atomic E-state index is 0.0959. The Morgan fingerprint density at radius 1 is 1.14 bits per heavy atom. The lowest BCUT2D eigenvalue weighted by atomic mass is 10.2. The van der Waals surface area contributed by atoms with Gasteiger partial charge in [0.1, 0.15) is 5.69 Å². The zero-order chi connectivity index (χ0) is 14.9. The molecule has 0 aliphatic heterocycles. The van der Waals surface area contributed by atoms with Crippen molar-refractivity contribution in [3.63, 3.8) is 0 Å². The van der Waals surface area contributed by atoms with Crippen molar-refractivity contribution in [1.82, 2.24) is 29.3 Å². The molecule has 0 saturated carbocycles. The number of H-pyrrole nitrogens is 1. The highest BCUT2D eigenvalue weighted by atomic mass is 16.3. The van der Waals surface area contributed by atoms with Gasteiger partial charge in [0.15, 0.2) is 5.82 Å². The van der Waals surface area contributed by atoms with E-state index in [0.29, 0.717) is 6.54 Å². The van der Waals surface area contributed by atoms with Gasteiger partial charge in [-0.05, 0) is 24.3 Å². The van der Waals surface area contributed by atoms with Crippen LogP contribution in [0.4, 0.5) is 0 Å². The van der Waals surface area contributed by atoms with Crippen molar-refractivity contribution in [2.45, 2.75) is 6.54 Å². The van der Waals surface area contributed by atoms with Crippen LogP contribution in [0.3, 0.4) is 0 Å². The normalized spacial score (nSPS) is 11.3. The van der Waals surface area contributed by atoms with Crippen LogP contribution in [0.25, 0.3) is 28.2 Å². The van der Waals surface area contributed by atoms with Crippen molar-refractivity contribution in [3.05, 3.63) is 49.2 Å². The number of aromatic amines is 1. The minimum Gasteiger partial charge on any atom is -0.395 e. The smallest absolute Gasteiger partial charge is 0.162 e.